The van der Waals surface area contributed by atoms with E-state index in [1.807, 2.05) is 0 Å². The van der Waals surface area contributed by atoms with Gasteiger partial charge in [0.2, 0.25) is 0 Å². The van der Waals surface area contributed by atoms with Crippen molar-refractivity contribution in [2.45, 2.75) is 253 Å². The molecule has 1 aromatic rings. The summed E-state index contributed by atoms with van der Waals surface area (Å²) in [5.41, 5.74) is 0.0565. The third kappa shape index (κ3) is 14.3. The summed E-state index contributed by atoms with van der Waals surface area (Å²) < 4.78 is 19.2. The van der Waals surface area contributed by atoms with E-state index in [9.17, 15) is 14.4 Å². The zero-order valence-electron chi connectivity index (χ0n) is 42.9. The fraction of sp³-hybridized carbons (Fsp3) is 0.833. The second-order valence-corrected chi connectivity index (χ2v) is 22.8. The van der Waals surface area contributed by atoms with Crippen molar-refractivity contribution >= 4 is 17.9 Å². The van der Waals surface area contributed by atoms with E-state index in [4.69, 9.17) is 14.2 Å². The Morgan fingerprint density at radius 1 is 0.476 bits per heavy atom. The lowest BCUT2D eigenvalue weighted by Gasteiger charge is -2.52. The van der Waals surface area contributed by atoms with E-state index in [0.717, 1.165) is 58.2 Å². The summed E-state index contributed by atoms with van der Waals surface area (Å²) >= 11 is 0. The second kappa shape index (κ2) is 23.3. The van der Waals surface area contributed by atoms with Crippen molar-refractivity contribution in [1.29, 1.82) is 0 Å². The molecular formula is C54H93N3O6. The Bertz CT molecular complexity index is 1420. The van der Waals surface area contributed by atoms with Gasteiger partial charge in [0.25, 0.3) is 0 Å². The molecule has 360 valence electrons. The SMILES string of the molecule is CCCCCN1C(C(C)C)CC(OC(=O)c2cc(C(=O)OC3CC(C(C)C)N(CCCCC)C(C)(C)C3)cc(C(=O)OC3CC(C(C)C)N(CCCCC)C(C)(C)C3)c2)CC1(C)C. The van der Waals surface area contributed by atoms with Crippen LogP contribution in [0, 0.1) is 17.8 Å². The van der Waals surface area contributed by atoms with E-state index < -0.39 is 17.9 Å². The molecule has 3 aliphatic rings. The number of unbranched alkanes of at least 4 members (excludes halogenated alkanes) is 6. The van der Waals surface area contributed by atoms with Crippen LogP contribution in [0.1, 0.15) is 231 Å². The average molecular weight is 880 g/mol. The smallest absolute Gasteiger partial charge is 0.338 e. The number of hydrogen-bond donors (Lipinski definition) is 0. The van der Waals surface area contributed by atoms with E-state index in [2.05, 4.69) is 119 Å². The van der Waals surface area contributed by atoms with Crippen LogP contribution in [0.25, 0.3) is 0 Å². The van der Waals surface area contributed by atoms with Crippen LogP contribution in [0.4, 0.5) is 0 Å². The largest absolute Gasteiger partial charge is 0.459 e. The summed E-state index contributed by atoms with van der Waals surface area (Å²) in [4.78, 5) is 51.0. The number of likely N-dealkylation sites (tertiary alicyclic amines) is 3. The lowest BCUT2D eigenvalue weighted by molar-refractivity contribution is -0.0667. The summed E-state index contributed by atoms with van der Waals surface area (Å²) in [7, 11) is 0. The quantitative estimate of drug-likeness (QED) is 0.0680. The normalized spacial score (nSPS) is 26.6. The van der Waals surface area contributed by atoms with E-state index in [1.165, 1.54) is 38.5 Å². The monoisotopic (exact) mass is 880 g/mol. The van der Waals surface area contributed by atoms with Gasteiger partial charge < -0.3 is 14.2 Å². The fourth-order valence-corrected chi connectivity index (χ4v) is 11.6. The first-order valence-electron chi connectivity index (χ1n) is 25.6. The van der Waals surface area contributed by atoms with Crippen molar-refractivity contribution in [3.8, 4) is 0 Å². The highest BCUT2D eigenvalue weighted by Crippen LogP contribution is 2.40. The molecule has 0 bridgehead atoms. The highest BCUT2D eigenvalue weighted by Gasteiger charge is 2.46. The number of nitrogens with zero attached hydrogens (tertiary/aromatic N) is 3. The van der Waals surface area contributed by atoms with Crippen molar-refractivity contribution < 1.29 is 28.6 Å². The maximum atomic E-state index is 14.4. The molecule has 0 spiro atoms. The van der Waals surface area contributed by atoms with Crippen LogP contribution >= 0.6 is 0 Å². The molecule has 0 radical (unpaired) electrons. The minimum Gasteiger partial charge on any atom is -0.459 e. The van der Waals surface area contributed by atoms with Crippen LogP contribution < -0.4 is 0 Å². The Balaban J connectivity index is 1.64. The van der Waals surface area contributed by atoms with Gasteiger partial charge in [-0.3, -0.25) is 14.7 Å². The highest BCUT2D eigenvalue weighted by atomic mass is 16.6. The summed E-state index contributed by atoms with van der Waals surface area (Å²) in [6.45, 7) is 36.9. The van der Waals surface area contributed by atoms with Gasteiger partial charge in [0, 0.05) is 73.3 Å². The molecule has 4 rings (SSSR count). The van der Waals surface area contributed by atoms with Gasteiger partial charge in [0.1, 0.15) is 18.3 Å². The van der Waals surface area contributed by atoms with Crippen molar-refractivity contribution in [3.63, 3.8) is 0 Å². The molecule has 9 nitrogen and oxygen atoms in total. The third-order valence-electron chi connectivity index (χ3n) is 15.0. The number of piperidine rings is 3. The first-order chi connectivity index (χ1) is 29.5. The van der Waals surface area contributed by atoms with Gasteiger partial charge in [-0.15, -0.1) is 0 Å². The maximum absolute atomic E-state index is 14.4. The minimum atomic E-state index is -0.524. The first kappa shape index (κ1) is 53.1. The summed E-state index contributed by atoms with van der Waals surface area (Å²) in [6.07, 6.45) is 14.0. The molecule has 6 unspecified atom stereocenters. The van der Waals surface area contributed by atoms with E-state index in [1.54, 1.807) is 18.2 Å². The van der Waals surface area contributed by atoms with E-state index in [-0.39, 0.29) is 69.7 Å². The Hall–Kier alpha value is -2.49. The van der Waals surface area contributed by atoms with Gasteiger partial charge in [0.05, 0.1) is 16.7 Å². The van der Waals surface area contributed by atoms with Gasteiger partial charge in [-0.2, -0.15) is 0 Å². The molecule has 9 heteroatoms. The lowest BCUT2D eigenvalue weighted by Crippen LogP contribution is -2.59. The molecule has 6 atom stereocenters. The minimum absolute atomic E-state index is 0.160. The summed E-state index contributed by atoms with van der Waals surface area (Å²) in [6, 6.07) is 5.52. The highest BCUT2D eigenvalue weighted by molar-refractivity contribution is 6.00. The molecule has 3 fully saturated rings. The number of rotatable bonds is 21. The van der Waals surface area contributed by atoms with Gasteiger partial charge in [-0.05, 0) is 116 Å². The van der Waals surface area contributed by atoms with Crippen LogP contribution in [-0.2, 0) is 14.2 Å². The Morgan fingerprint density at radius 2 is 0.714 bits per heavy atom. The topological polar surface area (TPSA) is 88.6 Å². The van der Waals surface area contributed by atoms with Gasteiger partial charge >= 0.3 is 17.9 Å². The molecule has 0 amide bonds. The number of carbonyl (C=O) groups is 3. The number of esters is 3. The molecule has 3 heterocycles. The fourth-order valence-electron chi connectivity index (χ4n) is 11.6. The predicted octanol–water partition coefficient (Wildman–Crippen LogP) is 12.5. The molecule has 0 aromatic heterocycles. The second-order valence-electron chi connectivity index (χ2n) is 22.8. The van der Waals surface area contributed by atoms with Crippen LogP contribution in [0.5, 0.6) is 0 Å². The number of benzene rings is 1. The lowest BCUT2D eigenvalue weighted by atomic mass is 9.80. The van der Waals surface area contributed by atoms with Crippen LogP contribution in [0.2, 0.25) is 0 Å². The Labute approximate surface area is 385 Å². The van der Waals surface area contributed by atoms with Crippen molar-refractivity contribution in [1.82, 2.24) is 14.7 Å². The van der Waals surface area contributed by atoms with Crippen LogP contribution in [-0.4, -0.2) is 105 Å². The zero-order valence-corrected chi connectivity index (χ0v) is 42.9. The summed E-state index contributed by atoms with van der Waals surface area (Å²) in [5.74, 6) is -0.408. The van der Waals surface area contributed by atoms with Gasteiger partial charge in [-0.25, -0.2) is 14.4 Å². The molecule has 0 aliphatic carbocycles. The van der Waals surface area contributed by atoms with Gasteiger partial charge in [-0.1, -0.05) is 101 Å². The first-order valence-corrected chi connectivity index (χ1v) is 25.6. The van der Waals surface area contributed by atoms with Crippen molar-refractivity contribution in [3.05, 3.63) is 34.9 Å². The molecule has 63 heavy (non-hydrogen) atoms. The molecule has 1 aromatic carbocycles. The van der Waals surface area contributed by atoms with E-state index in [0.29, 0.717) is 37.0 Å². The number of ether oxygens (including phenoxy) is 3. The summed E-state index contributed by atoms with van der Waals surface area (Å²) in [5, 5.41) is 0. The number of hydrogen-bond acceptors (Lipinski definition) is 9. The third-order valence-corrected chi connectivity index (χ3v) is 15.0. The molecule has 0 N–H and O–H groups in total. The van der Waals surface area contributed by atoms with E-state index >= 15 is 0 Å². The number of carbonyl (C=O) groups excluding carboxylic acids is 3. The predicted molar refractivity (Wildman–Crippen MR) is 259 cm³/mol. The maximum Gasteiger partial charge on any atom is 0.338 e. The Kier molecular flexibility index (Phi) is 19.6. The van der Waals surface area contributed by atoms with Crippen LogP contribution in [0.15, 0.2) is 18.2 Å². The van der Waals surface area contributed by atoms with Gasteiger partial charge in [0.15, 0.2) is 0 Å². The average Bonchev–Trinajstić information content (AvgIpc) is 3.18. The standard InChI is InChI=1S/C54H93N3O6/c1-16-19-22-25-55-46(37(4)5)31-43(34-52(55,10)11)61-49(58)40-28-41(50(59)62-44-32-47(38(6)7)56(26-23-20-17-2)53(12,13)35-44)30-42(29-40)51(60)63-45-33-48(39(8)9)57(27-24-21-18-3)54(14,15)36-45/h28-30,37-39,43-48H,16-27,31-36H2,1-15H3. The molecule has 3 saturated heterocycles. The zero-order chi connectivity index (χ0) is 46.9. The van der Waals surface area contributed by atoms with Crippen molar-refractivity contribution in [2.24, 2.45) is 17.8 Å². The molecule has 3 aliphatic heterocycles. The van der Waals surface area contributed by atoms with Crippen molar-refractivity contribution in [2.75, 3.05) is 19.6 Å². The van der Waals surface area contributed by atoms with Crippen LogP contribution in [0.3, 0.4) is 0 Å². The molecule has 0 saturated carbocycles. The molecular weight excluding hydrogens is 787 g/mol. The Morgan fingerprint density at radius 3 is 0.921 bits per heavy atom.